The average molecular weight is 388 g/mol. The van der Waals surface area contributed by atoms with E-state index >= 15 is 0 Å². The Morgan fingerprint density at radius 1 is 1.32 bits per heavy atom. The zero-order valence-electron chi connectivity index (χ0n) is 13.8. The molecule has 0 radical (unpaired) electrons. The zero-order valence-corrected chi connectivity index (χ0v) is 15.3. The molecule has 25 heavy (non-hydrogen) atoms. The summed E-state index contributed by atoms with van der Waals surface area (Å²) >= 11 is 12.3. The van der Waals surface area contributed by atoms with Crippen molar-refractivity contribution in [2.75, 3.05) is 18.8 Å². The summed E-state index contributed by atoms with van der Waals surface area (Å²) in [5.74, 6) is 0.101. The van der Waals surface area contributed by atoms with Gasteiger partial charge in [0.2, 0.25) is 11.5 Å². The molecule has 1 amide bonds. The number of carbonyl (C=O) groups excluding carboxylic acids is 1. The number of nitrogens with one attached hydrogen (secondary N) is 2. The first-order chi connectivity index (χ1) is 11.9. The summed E-state index contributed by atoms with van der Waals surface area (Å²) in [6.45, 7) is 5.18. The number of hydrogen-bond donors (Lipinski definition) is 3. The van der Waals surface area contributed by atoms with Crippen LogP contribution in [0.1, 0.15) is 29.9 Å². The monoisotopic (exact) mass is 387 g/mol. The Morgan fingerprint density at radius 3 is 2.72 bits per heavy atom. The van der Waals surface area contributed by atoms with Gasteiger partial charge in [-0.15, -0.1) is 0 Å². The van der Waals surface area contributed by atoms with E-state index in [0.717, 1.165) is 5.56 Å². The van der Waals surface area contributed by atoms with Crippen LogP contribution in [0.5, 0.6) is 5.75 Å². The van der Waals surface area contributed by atoms with Crippen molar-refractivity contribution in [3.63, 3.8) is 0 Å². The second-order valence-corrected chi connectivity index (χ2v) is 6.32. The molecule has 1 heterocycles. The van der Waals surface area contributed by atoms with Crippen molar-refractivity contribution in [3.05, 3.63) is 33.4 Å². The molecule has 10 heteroatoms. The number of ether oxygens (including phenoxy) is 1. The van der Waals surface area contributed by atoms with E-state index in [1.807, 2.05) is 13.8 Å². The zero-order chi connectivity index (χ0) is 18.4. The van der Waals surface area contributed by atoms with Crippen molar-refractivity contribution in [1.82, 2.24) is 20.9 Å². The molecule has 136 valence electrons. The fraction of sp³-hybridized carbons (Fsp3) is 0.400. The molecule has 0 atom stereocenters. The van der Waals surface area contributed by atoms with Crippen LogP contribution in [-0.4, -0.2) is 35.4 Å². The lowest BCUT2D eigenvalue weighted by atomic mass is 10.2. The van der Waals surface area contributed by atoms with Crippen molar-refractivity contribution in [3.8, 4) is 5.75 Å². The van der Waals surface area contributed by atoms with Gasteiger partial charge < -0.3 is 21.1 Å². The fourth-order valence-corrected chi connectivity index (χ4v) is 2.62. The summed E-state index contributed by atoms with van der Waals surface area (Å²) in [6, 6.07) is 3.43. The fourth-order valence-electron chi connectivity index (χ4n) is 2.04. The lowest BCUT2D eigenvalue weighted by molar-refractivity contribution is 0.0944. The second-order valence-electron chi connectivity index (χ2n) is 5.47. The molecule has 0 unspecified atom stereocenters. The van der Waals surface area contributed by atoms with E-state index in [1.165, 1.54) is 0 Å². The molecule has 0 aliphatic rings. The van der Waals surface area contributed by atoms with Crippen LogP contribution in [0.3, 0.4) is 0 Å². The number of nitrogens with two attached hydrogens (primary N) is 1. The van der Waals surface area contributed by atoms with E-state index in [4.69, 9.17) is 33.7 Å². The van der Waals surface area contributed by atoms with Gasteiger partial charge >= 0.3 is 0 Å². The predicted molar refractivity (Wildman–Crippen MR) is 95.0 cm³/mol. The van der Waals surface area contributed by atoms with Gasteiger partial charge in [0, 0.05) is 30.2 Å². The number of amides is 1. The number of nitrogen functional groups attached to an aromatic ring is 1. The SMILES string of the molecule is CC(C)Oc1c(Cl)cc(Cl)cc1CNCCNC(=O)c1nonc1N. The molecular formula is C15H19Cl2N5O3. The van der Waals surface area contributed by atoms with Gasteiger partial charge in [-0.1, -0.05) is 23.2 Å². The Labute approximate surface area is 155 Å². The van der Waals surface area contributed by atoms with Crippen LogP contribution in [0.4, 0.5) is 5.82 Å². The first kappa shape index (κ1) is 19.3. The Bertz CT molecular complexity index is 736. The maximum atomic E-state index is 11.8. The smallest absolute Gasteiger partial charge is 0.277 e. The summed E-state index contributed by atoms with van der Waals surface area (Å²) in [4.78, 5) is 11.8. The first-order valence-electron chi connectivity index (χ1n) is 7.60. The lowest BCUT2D eigenvalue weighted by Crippen LogP contribution is -2.32. The summed E-state index contributed by atoms with van der Waals surface area (Å²) in [5.41, 5.74) is 6.25. The minimum atomic E-state index is -0.449. The molecular weight excluding hydrogens is 369 g/mol. The van der Waals surface area contributed by atoms with Crippen LogP contribution in [0, 0.1) is 0 Å². The highest BCUT2D eigenvalue weighted by molar-refractivity contribution is 6.35. The lowest BCUT2D eigenvalue weighted by Gasteiger charge is -2.17. The molecule has 1 aromatic carbocycles. The first-order valence-corrected chi connectivity index (χ1v) is 8.35. The number of benzene rings is 1. The van der Waals surface area contributed by atoms with Crippen LogP contribution < -0.4 is 21.1 Å². The molecule has 0 aliphatic heterocycles. The number of anilines is 1. The van der Waals surface area contributed by atoms with Gasteiger partial charge in [0.1, 0.15) is 5.75 Å². The van der Waals surface area contributed by atoms with Gasteiger partial charge in [-0.05, 0) is 36.3 Å². The largest absolute Gasteiger partial charge is 0.489 e. The number of aromatic nitrogens is 2. The minimum absolute atomic E-state index is 0.0155. The summed E-state index contributed by atoms with van der Waals surface area (Å²) in [7, 11) is 0. The second kappa shape index (κ2) is 8.89. The number of halogens is 2. The Morgan fingerprint density at radius 2 is 2.08 bits per heavy atom. The Balaban J connectivity index is 1.85. The normalized spacial score (nSPS) is 10.9. The van der Waals surface area contributed by atoms with Crippen LogP contribution in [-0.2, 0) is 6.54 Å². The van der Waals surface area contributed by atoms with Crippen molar-refractivity contribution >= 4 is 34.9 Å². The quantitative estimate of drug-likeness (QED) is 0.594. The molecule has 2 aromatic rings. The molecule has 0 aliphatic carbocycles. The van der Waals surface area contributed by atoms with E-state index in [1.54, 1.807) is 12.1 Å². The van der Waals surface area contributed by atoms with Crippen LogP contribution >= 0.6 is 23.2 Å². The van der Waals surface area contributed by atoms with Gasteiger partial charge in [-0.3, -0.25) is 4.79 Å². The van der Waals surface area contributed by atoms with Crippen molar-refractivity contribution in [2.24, 2.45) is 0 Å². The van der Waals surface area contributed by atoms with E-state index < -0.39 is 5.91 Å². The van der Waals surface area contributed by atoms with Crippen molar-refractivity contribution in [2.45, 2.75) is 26.5 Å². The van der Waals surface area contributed by atoms with Gasteiger partial charge in [-0.25, -0.2) is 4.63 Å². The number of rotatable bonds is 8. The van der Waals surface area contributed by atoms with Gasteiger partial charge in [0.15, 0.2) is 0 Å². The third-order valence-corrected chi connectivity index (χ3v) is 3.57. The van der Waals surface area contributed by atoms with Gasteiger partial charge in [0.05, 0.1) is 11.1 Å². The molecule has 4 N–H and O–H groups in total. The molecule has 0 saturated carbocycles. The third-order valence-electron chi connectivity index (χ3n) is 3.07. The molecule has 2 rings (SSSR count). The Kier molecular flexibility index (Phi) is 6.86. The van der Waals surface area contributed by atoms with E-state index in [9.17, 15) is 4.79 Å². The molecule has 8 nitrogen and oxygen atoms in total. The number of hydrogen-bond acceptors (Lipinski definition) is 7. The van der Waals surface area contributed by atoms with Crippen LogP contribution in [0.25, 0.3) is 0 Å². The van der Waals surface area contributed by atoms with Crippen LogP contribution in [0.2, 0.25) is 10.0 Å². The van der Waals surface area contributed by atoms with Gasteiger partial charge in [0.25, 0.3) is 5.91 Å². The van der Waals surface area contributed by atoms with Crippen molar-refractivity contribution < 1.29 is 14.2 Å². The topological polar surface area (TPSA) is 115 Å². The van der Waals surface area contributed by atoms with E-state index in [2.05, 4.69) is 25.6 Å². The maximum absolute atomic E-state index is 11.8. The maximum Gasteiger partial charge on any atom is 0.277 e. The van der Waals surface area contributed by atoms with Crippen molar-refractivity contribution in [1.29, 1.82) is 0 Å². The molecule has 0 fully saturated rings. The Hall–Kier alpha value is -2.03. The summed E-state index contributed by atoms with van der Waals surface area (Å²) in [5, 5.41) is 13.6. The summed E-state index contributed by atoms with van der Waals surface area (Å²) < 4.78 is 10.1. The molecule has 1 aromatic heterocycles. The standard InChI is InChI=1S/C15H19Cl2N5O3/c1-8(2)24-13-9(5-10(16)6-11(13)17)7-19-3-4-20-15(23)12-14(18)22-25-21-12/h5-6,8,19H,3-4,7H2,1-2H3,(H2,18,22)(H,20,23). The predicted octanol–water partition coefficient (Wildman–Crippen LogP) is 2.27. The van der Waals surface area contributed by atoms with Crippen LogP contribution in [0.15, 0.2) is 16.8 Å². The molecule has 0 saturated heterocycles. The molecule has 0 spiro atoms. The highest BCUT2D eigenvalue weighted by atomic mass is 35.5. The highest BCUT2D eigenvalue weighted by Gasteiger charge is 2.15. The third kappa shape index (κ3) is 5.48. The van der Waals surface area contributed by atoms with Gasteiger partial charge in [-0.2, -0.15) is 0 Å². The average Bonchev–Trinajstić information content (AvgIpc) is 2.96. The highest BCUT2D eigenvalue weighted by Crippen LogP contribution is 2.33. The van der Waals surface area contributed by atoms with E-state index in [0.29, 0.717) is 35.4 Å². The minimum Gasteiger partial charge on any atom is -0.489 e. The summed E-state index contributed by atoms with van der Waals surface area (Å²) in [6.07, 6.45) is -0.0155. The number of nitrogens with zero attached hydrogens (tertiary/aromatic N) is 2. The van der Waals surface area contributed by atoms with E-state index in [-0.39, 0.29) is 17.6 Å². The molecule has 0 bridgehead atoms. The number of carbonyl (C=O) groups is 1.